The molecule has 0 spiro atoms. The summed E-state index contributed by atoms with van der Waals surface area (Å²) in [6.45, 7) is 5.71. The zero-order chi connectivity index (χ0) is 19.5. The van der Waals surface area contributed by atoms with Crippen LogP contribution < -0.4 is 10.2 Å². The van der Waals surface area contributed by atoms with Crippen LogP contribution in [-0.4, -0.2) is 41.2 Å². The number of hydrogen-bond acceptors (Lipinski definition) is 6. The van der Waals surface area contributed by atoms with Crippen molar-refractivity contribution >= 4 is 28.6 Å². The number of carbonyl (C=O) groups excluding carboxylic acids is 1. The van der Waals surface area contributed by atoms with E-state index in [0.717, 1.165) is 35.2 Å². The SMILES string of the molecule is C[C@H]1CN(c2ccccc2NC(=O)c2csc(-c3ccccn3)n2)C[C@H](C)O1. The van der Waals surface area contributed by atoms with Crippen molar-refractivity contribution in [3.8, 4) is 10.7 Å². The number of para-hydroxylation sites is 2. The van der Waals surface area contributed by atoms with Crippen LogP contribution in [0.25, 0.3) is 10.7 Å². The first-order valence-electron chi connectivity index (χ1n) is 9.28. The summed E-state index contributed by atoms with van der Waals surface area (Å²) in [6.07, 6.45) is 2.01. The summed E-state index contributed by atoms with van der Waals surface area (Å²) in [7, 11) is 0. The molecule has 1 amide bonds. The minimum absolute atomic E-state index is 0.145. The number of ether oxygens (including phenoxy) is 1. The average molecular weight is 395 g/mol. The highest BCUT2D eigenvalue weighted by atomic mass is 32.1. The maximum absolute atomic E-state index is 12.8. The molecule has 3 heterocycles. The van der Waals surface area contributed by atoms with Gasteiger partial charge in [0.05, 0.1) is 29.3 Å². The fraction of sp³-hybridized carbons (Fsp3) is 0.286. The lowest BCUT2D eigenvalue weighted by Crippen LogP contribution is -2.45. The van der Waals surface area contributed by atoms with E-state index in [-0.39, 0.29) is 18.1 Å². The van der Waals surface area contributed by atoms with Gasteiger partial charge in [-0.05, 0) is 38.1 Å². The Morgan fingerprint density at radius 3 is 2.64 bits per heavy atom. The predicted octanol–water partition coefficient (Wildman–Crippen LogP) is 4.07. The molecule has 2 atom stereocenters. The Bertz CT molecular complexity index is 950. The Hall–Kier alpha value is -2.77. The van der Waals surface area contributed by atoms with Gasteiger partial charge in [0, 0.05) is 24.7 Å². The van der Waals surface area contributed by atoms with Crippen molar-refractivity contribution in [2.75, 3.05) is 23.3 Å². The van der Waals surface area contributed by atoms with Crippen molar-refractivity contribution in [3.05, 3.63) is 59.7 Å². The Kier molecular flexibility index (Phi) is 5.36. The molecule has 1 aliphatic heterocycles. The first kappa shape index (κ1) is 18.6. The first-order valence-corrected chi connectivity index (χ1v) is 10.2. The zero-order valence-electron chi connectivity index (χ0n) is 15.8. The van der Waals surface area contributed by atoms with Gasteiger partial charge in [0.1, 0.15) is 10.7 Å². The molecule has 0 bridgehead atoms. The molecule has 0 unspecified atom stereocenters. The summed E-state index contributed by atoms with van der Waals surface area (Å²) in [6, 6.07) is 13.5. The molecule has 144 valence electrons. The van der Waals surface area contributed by atoms with Crippen LogP contribution in [0, 0.1) is 0 Å². The second-order valence-corrected chi connectivity index (χ2v) is 7.74. The topological polar surface area (TPSA) is 67.4 Å². The van der Waals surface area contributed by atoms with Crippen LogP contribution in [0.2, 0.25) is 0 Å². The third kappa shape index (κ3) is 4.05. The van der Waals surface area contributed by atoms with Gasteiger partial charge in [-0.15, -0.1) is 11.3 Å². The molecule has 2 aromatic heterocycles. The lowest BCUT2D eigenvalue weighted by atomic mass is 10.1. The van der Waals surface area contributed by atoms with E-state index in [0.29, 0.717) is 5.69 Å². The Balaban J connectivity index is 1.53. The van der Waals surface area contributed by atoms with E-state index in [1.807, 2.05) is 42.5 Å². The van der Waals surface area contributed by atoms with Crippen LogP contribution in [0.3, 0.4) is 0 Å². The Morgan fingerprint density at radius 2 is 1.89 bits per heavy atom. The molecule has 1 N–H and O–H groups in total. The molecule has 1 aliphatic rings. The monoisotopic (exact) mass is 394 g/mol. The number of anilines is 2. The van der Waals surface area contributed by atoms with Crippen molar-refractivity contribution in [1.29, 1.82) is 0 Å². The maximum Gasteiger partial charge on any atom is 0.275 e. The summed E-state index contributed by atoms with van der Waals surface area (Å²) in [5.74, 6) is -0.222. The van der Waals surface area contributed by atoms with Crippen LogP contribution in [0.1, 0.15) is 24.3 Å². The Labute approximate surface area is 168 Å². The molecule has 1 saturated heterocycles. The van der Waals surface area contributed by atoms with Gasteiger partial charge >= 0.3 is 0 Å². The Morgan fingerprint density at radius 1 is 1.14 bits per heavy atom. The summed E-state index contributed by atoms with van der Waals surface area (Å²) in [4.78, 5) is 23.8. The lowest BCUT2D eigenvalue weighted by Gasteiger charge is -2.37. The minimum Gasteiger partial charge on any atom is -0.372 e. The average Bonchev–Trinajstić information content (AvgIpc) is 3.19. The van der Waals surface area contributed by atoms with E-state index >= 15 is 0 Å². The highest BCUT2D eigenvalue weighted by molar-refractivity contribution is 7.13. The van der Waals surface area contributed by atoms with Gasteiger partial charge in [-0.25, -0.2) is 4.98 Å². The predicted molar refractivity (Wildman–Crippen MR) is 112 cm³/mol. The minimum atomic E-state index is -0.222. The third-order valence-corrected chi connectivity index (χ3v) is 5.40. The number of pyridine rings is 1. The van der Waals surface area contributed by atoms with Gasteiger partial charge in [-0.2, -0.15) is 0 Å². The number of amides is 1. The quantitative estimate of drug-likeness (QED) is 0.722. The second kappa shape index (κ2) is 8.08. The zero-order valence-corrected chi connectivity index (χ0v) is 16.6. The maximum atomic E-state index is 12.8. The summed E-state index contributed by atoms with van der Waals surface area (Å²) >= 11 is 1.41. The molecule has 0 radical (unpaired) electrons. The highest BCUT2D eigenvalue weighted by Gasteiger charge is 2.24. The van der Waals surface area contributed by atoms with Gasteiger partial charge in [0.2, 0.25) is 0 Å². The number of hydrogen-bond donors (Lipinski definition) is 1. The smallest absolute Gasteiger partial charge is 0.275 e. The van der Waals surface area contributed by atoms with E-state index in [4.69, 9.17) is 4.74 Å². The number of carbonyl (C=O) groups is 1. The number of nitrogens with zero attached hydrogens (tertiary/aromatic N) is 3. The van der Waals surface area contributed by atoms with E-state index < -0.39 is 0 Å². The molecule has 6 nitrogen and oxygen atoms in total. The van der Waals surface area contributed by atoms with Gasteiger partial charge < -0.3 is 15.0 Å². The van der Waals surface area contributed by atoms with Crippen LogP contribution in [-0.2, 0) is 4.74 Å². The molecule has 7 heteroatoms. The van der Waals surface area contributed by atoms with Crippen LogP contribution in [0.4, 0.5) is 11.4 Å². The first-order chi connectivity index (χ1) is 13.6. The van der Waals surface area contributed by atoms with Crippen molar-refractivity contribution in [2.45, 2.75) is 26.1 Å². The van der Waals surface area contributed by atoms with Gasteiger partial charge in [0.15, 0.2) is 0 Å². The molecule has 1 aromatic carbocycles. The lowest BCUT2D eigenvalue weighted by molar-refractivity contribution is -0.00517. The molecule has 0 saturated carbocycles. The van der Waals surface area contributed by atoms with E-state index in [1.54, 1.807) is 11.6 Å². The normalized spacial score (nSPS) is 19.4. The molecular formula is C21H22N4O2S. The number of morpholine rings is 1. The van der Waals surface area contributed by atoms with Crippen LogP contribution in [0.15, 0.2) is 54.0 Å². The number of aromatic nitrogens is 2. The van der Waals surface area contributed by atoms with E-state index in [2.05, 4.69) is 34.0 Å². The highest BCUT2D eigenvalue weighted by Crippen LogP contribution is 2.29. The number of benzene rings is 1. The molecule has 4 rings (SSSR count). The molecule has 28 heavy (non-hydrogen) atoms. The fourth-order valence-corrected chi connectivity index (χ4v) is 4.18. The summed E-state index contributed by atoms with van der Waals surface area (Å²) < 4.78 is 5.83. The fourth-order valence-electron chi connectivity index (χ4n) is 3.40. The van der Waals surface area contributed by atoms with Crippen LogP contribution in [0.5, 0.6) is 0 Å². The number of rotatable bonds is 4. The number of thiazole rings is 1. The largest absolute Gasteiger partial charge is 0.372 e. The van der Waals surface area contributed by atoms with Crippen molar-refractivity contribution in [2.24, 2.45) is 0 Å². The van der Waals surface area contributed by atoms with Crippen molar-refractivity contribution in [3.63, 3.8) is 0 Å². The molecule has 1 fully saturated rings. The van der Waals surface area contributed by atoms with E-state index in [9.17, 15) is 4.79 Å². The summed E-state index contributed by atoms with van der Waals surface area (Å²) in [5, 5.41) is 5.52. The van der Waals surface area contributed by atoms with Gasteiger partial charge in [-0.1, -0.05) is 18.2 Å². The van der Waals surface area contributed by atoms with Gasteiger partial charge in [0.25, 0.3) is 5.91 Å². The standard InChI is InChI=1S/C21H22N4O2S/c1-14-11-25(12-15(2)27-14)19-9-4-3-7-16(19)23-20(26)18-13-28-21(24-18)17-8-5-6-10-22-17/h3-10,13-15H,11-12H2,1-2H3,(H,23,26)/t14-,15-/m0/s1. The van der Waals surface area contributed by atoms with E-state index in [1.165, 1.54) is 11.3 Å². The van der Waals surface area contributed by atoms with Crippen LogP contribution >= 0.6 is 11.3 Å². The third-order valence-electron chi connectivity index (χ3n) is 4.53. The van der Waals surface area contributed by atoms with Crippen molar-refractivity contribution < 1.29 is 9.53 Å². The molecular weight excluding hydrogens is 372 g/mol. The van der Waals surface area contributed by atoms with Gasteiger partial charge in [-0.3, -0.25) is 9.78 Å². The molecule has 0 aliphatic carbocycles. The summed E-state index contributed by atoms with van der Waals surface area (Å²) in [5.41, 5.74) is 2.94. The molecule has 3 aromatic rings. The van der Waals surface area contributed by atoms with Crippen molar-refractivity contribution in [1.82, 2.24) is 9.97 Å². The second-order valence-electron chi connectivity index (χ2n) is 6.89. The number of nitrogens with one attached hydrogen (secondary N) is 1.